The van der Waals surface area contributed by atoms with E-state index in [1.807, 2.05) is 4.72 Å². The zero-order chi connectivity index (χ0) is 31.1. The molecule has 0 unspecified atom stereocenters. The zero-order valence-corrected chi connectivity index (χ0v) is 22.9. The second-order valence-corrected chi connectivity index (χ2v) is 10.9. The number of alkyl halides is 3. The highest BCUT2D eigenvalue weighted by molar-refractivity contribution is 7.89. The SMILES string of the molecule is COC(=O)C[C@H](CNS(=O)(=O)c1cccc(NC(=O)C[C@H]2C[C@@H](c3ccc(C(=N)N)cc3)NO2)c1)OC(=O)C(F)(F)F. The van der Waals surface area contributed by atoms with E-state index in [9.17, 15) is 36.0 Å². The normalized spacial score (nSPS) is 17.7. The lowest BCUT2D eigenvalue weighted by atomic mass is 9.99. The number of rotatable bonds is 12. The maximum absolute atomic E-state index is 12.8. The molecule has 3 rings (SSSR count). The largest absolute Gasteiger partial charge is 0.490 e. The van der Waals surface area contributed by atoms with E-state index in [4.69, 9.17) is 16.0 Å². The molecule has 17 heteroatoms. The smallest absolute Gasteiger partial charge is 0.469 e. The van der Waals surface area contributed by atoms with Gasteiger partial charge in [-0.25, -0.2) is 17.9 Å². The van der Waals surface area contributed by atoms with Crippen molar-refractivity contribution in [2.24, 2.45) is 5.73 Å². The van der Waals surface area contributed by atoms with Crippen LogP contribution in [0.5, 0.6) is 0 Å². The Morgan fingerprint density at radius 1 is 1.19 bits per heavy atom. The van der Waals surface area contributed by atoms with E-state index >= 15 is 0 Å². The Labute approximate surface area is 238 Å². The van der Waals surface area contributed by atoms with Crippen molar-refractivity contribution in [2.45, 2.75) is 48.6 Å². The number of amidine groups is 1. The molecule has 1 heterocycles. The van der Waals surface area contributed by atoms with Gasteiger partial charge in [0.25, 0.3) is 0 Å². The molecule has 42 heavy (non-hydrogen) atoms. The van der Waals surface area contributed by atoms with Crippen LogP contribution in [0.1, 0.15) is 36.4 Å². The zero-order valence-electron chi connectivity index (χ0n) is 22.1. The monoisotopic (exact) mass is 615 g/mol. The van der Waals surface area contributed by atoms with Crippen LogP contribution in [0.4, 0.5) is 18.9 Å². The van der Waals surface area contributed by atoms with Crippen molar-refractivity contribution in [2.75, 3.05) is 19.0 Å². The van der Waals surface area contributed by atoms with Crippen molar-refractivity contribution < 1.29 is 50.3 Å². The summed E-state index contributed by atoms with van der Waals surface area (Å²) in [5, 5.41) is 10.0. The minimum Gasteiger partial charge on any atom is -0.469 e. The van der Waals surface area contributed by atoms with Gasteiger partial charge in [0, 0.05) is 17.8 Å². The number of carbonyl (C=O) groups is 3. The molecule has 0 saturated carbocycles. The first-order valence-electron chi connectivity index (χ1n) is 12.3. The number of hydrogen-bond donors (Lipinski definition) is 5. The number of halogens is 3. The number of nitrogens with one attached hydrogen (secondary N) is 4. The molecule has 0 spiro atoms. The van der Waals surface area contributed by atoms with E-state index in [0.717, 1.165) is 18.7 Å². The fourth-order valence-corrected chi connectivity index (χ4v) is 4.96. The predicted octanol–water partition coefficient (Wildman–Crippen LogP) is 1.65. The molecule has 0 bridgehead atoms. The maximum Gasteiger partial charge on any atom is 0.490 e. The standard InChI is InChI=1S/C25H28F3N5O8S/c1-39-22(35)12-18(40-24(36)25(26,27)28)13-31-42(37,38)19-4-2-3-16(9-19)32-21(34)11-17-10-20(33-41-17)14-5-7-15(8-6-14)23(29)30/h2-9,17-18,20,31,33H,10-13H2,1H3,(H3,29,30)(H,32,34)/t17-,18-,20+/m1/s1. The summed E-state index contributed by atoms with van der Waals surface area (Å²) < 4.78 is 73.9. The molecule has 2 aromatic rings. The van der Waals surface area contributed by atoms with Gasteiger partial charge >= 0.3 is 18.1 Å². The molecule has 1 fully saturated rings. The van der Waals surface area contributed by atoms with Crippen molar-refractivity contribution in [3.63, 3.8) is 0 Å². The van der Waals surface area contributed by atoms with Gasteiger partial charge in [0.1, 0.15) is 11.9 Å². The fourth-order valence-electron chi connectivity index (χ4n) is 3.85. The van der Waals surface area contributed by atoms with Crippen molar-refractivity contribution in [1.82, 2.24) is 10.2 Å². The van der Waals surface area contributed by atoms with Gasteiger partial charge in [0.05, 0.1) is 37.0 Å². The number of methoxy groups -OCH3 is 1. The van der Waals surface area contributed by atoms with Crippen LogP contribution in [0.3, 0.4) is 0 Å². The molecular weight excluding hydrogens is 587 g/mol. The minimum atomic E-state index is -5.36. The number of nitrogens with two attached hydrogens (primary N) is 1. The lowest BCUT2D eigenvalue weighted by Crippen LogP contribution is -2.39. The highest BCUT2D eigenvalue weighted by Gasteiger charge is 2.42. The highest BCUT2D eigenvalue weighted by Crippen LogP contribution is 2.27. The Bertz CT molecular complexity index is 1420. The van der Waals surface area contributed by atoms with Crippen LogP contribution in [0, 0.1) is 5.41 Å². The number of ether oxygens (including phenoxy) is 2. The number of amides is 1. The lowest BCUT2D eigenvalue weighted by molar-refractivity contribution is -0.205. The summed E-state index contributed by atoms with van der Waals surface area (Å²) in [7, 11) is -3.42. The number of benzene rings is 2. The fraction of sp³-hybridized carbons (Fsp3) is 0.360. The van der Waals surface area contributed by atoms with Crippen LogP contribution >= 0.6 is 0 Å². The van der Waals surface area contributed by atoms with Crippen LogP contribution in [0.15, 0.2) is 53.4 Å². The molecule has 1 aliphatic heterocycles. The average molecular weight is 616 g/mol. The number of sulfonamides is 1. The molecule has 0 aliphatic carbocycles. The van der Waals surface area contributed by atoms with Crippen molar-refractivity contribution >= 4 is 39.4 Å². The van der Waals surface area contributed by atoms with E-state index in [2.05, 4.69) is 20.3 Å². The van der Waals surface area contributed by atoms with Crippen LogP contribution in [0.2, 0.25) is 0 Å². The van der Waals surface area contributed by atoms with Gasteiger partial charge in [-0.05, 0) is 30.2 Å². The van der Waals surface area contributed by atoms with Crippen LogP contribution in [-0.4, -0.2) is 64.1 Å². The van der Waals surface area contributed by atoms with Gasteiger partial charge in [-0.1, -0.05) is 30.3 Å². The topological polar surface area (TPSA) is 199 Å². The molecule has 2 aromatic carbocycles. The van der Waals surface area contributed by atoms with Crippen LogP contribution in [0.25, 0.3) is 0 Å². The van der Waals surface area contributed by atoms with Gasteiger partial charge < -0.3 is 20.5 Å². The molecule has 1 amide bonds. The van der Waals surface area contributed by atoms with E-state index in [0.29, 0.717) is 12.0 Å². The van der Waals surface area contributed by atoms with Gasteiger partial charge in [-0.2, -0.15) is 18.7 Å². The number of nitrogen functional groups attached to an aromatic ring is 1. The Morgan fingerprint density at radius 2 is 1.88 bits per heavy atom. The second-order valence-electron chi connectivity index (χ2n) is 9.12. The summed E-state index contributed by atoms with van der Waals surface area (Å²) in [6.07, 6.45) is -8.11. The van der Waals surface area contributed by atoms with Gasteiger partial charge in [-0.3, -0.25) is 19.8 Å². The number of hydroxylamine groups is 1. The summed E-state index contributed by atoms with van der Waals surface area (Å²) in [5.74, 6) is -4.17. The minimum absolute atomic E-state index is 0.0615. The lowest BCUT2D eigenvalue weighted by Gasteiger charge is -2.18. The second kappa shape index (κ2) is 13.7. The third kappa shape index (κ3) is 9.23. The summed E-state index contributed by atoms with van der Waals surface area (Å²) in [5.41, 5.74) is 9.87. The van der Waals surface area contributed by atoms with Crippen LogP contribution < -0.4 is 21.3 Å². The number of carbonyl (C=O) groups excluding carboxylic acids is 3. The number of esters is 2. The molecule has 13 nitrogen and oxygen atoms in total. The first kappa shape index (κ1) is 32.5. The Morgan fingerprint density at radius 3 is 2.50 bits per heavy atom. The van der Waals surface area contributed by atoms with Gasteiger partial charge in [0.15, 0.2) is 0 Å². The molecular formula is C25H28F3N5O8S. The number of hydrogen-bond acceptors (Lipinski definition) is 10. The van der Waals surface area contributed by atoms with E-state index in [1.54, 1.807) is 24.3 Å². The molecule has 1 aliphatic rings. The molecule has 228 valence electrons. The third-order valence-corrected chi connectivity index (χ3v) is 7.39. The first-order chi connectivity index (χ1) is 19.7. The van der Waals surface area contributed by atoms with Gasteiger partial charge in [0.2, 0.25) is 15.9 Å². The summed E-state index contributed by atoms with van der Waals surface area (Å²) in [4.78, 5) is 40.5. The van der Waals surface area contributed by atoms with Crippen LogP contribution in [-0.2, 0) is 38.7 Å². The average Bonchev–Trinajstić information content (AvgIpc) is 3.39. The molecule has 6 N–H and O–H groups in total. The van der Waals surface area contributed by atoms with E-state index in [-0.39, 0.29) is 28.9 Å². The Hall–Kier alpha value is -4.06. The van der Waals surface area contributed by atoms with Gasteiger partial charge in [-0.15, -0.1) is 0 Å². The van der Waals surface area contributed by atoms with E-state index in [1.165, 1.54) is 18.2 Å². The highest BCUT2D eigenvalue weighted by atomic mass is 32.2. The molecule has 1 saturated heterocycles. The summed E-state index contributed by atoms with van der Waals surface area (Å²) in [6, 6.07) is 11.8. The quantitative estimate of drug-likeness (QED) is 0.133. The first-order valence-corrected chi connectivity index (χ1v) is 13.8. The van der Waals surface area contributed by atoms with Crippen molar-refractivity contribution in [3.05, 3.63) is 59.7 Å². The third-order valence-electron chi connectivity index (χ3n) is 5.97. The molecule has 0 aromatic heterocycles. The Balaban J connectivity index is 1.58. The summed E-state index contributed by atoms with van der Waals surface area (Å²) in [6.45, 7) is -0.861. The maximum atomic E-state index is 12.8. The van der Waals surface area contributed by atoms with E-state index < -0.39 is 59.2 Å². The summed E-state index contributed by atoms with van der Waals surface area (Å²) >= 11 is 0. The number of anilines is 1. The van der Waals surface area contributed by atoms with Crippen molar-refractivity contribution in [3.8, 4) is 0 Å². The molecule has 0 radical (unpaired) electrons. The predicted molar refractivity (Wildman–Crippen MR) is 140 cm³/mol. The molecule has 3 atom stereocenters. The van der Waals surface area contributed by atoms with Crippen molar-refractivity contribution in [1.29, 1.82) is 5.41 Å². The Kier molecular flexibility index (Phi) is 10.6.